The van der Waals surface area contributed by atoms with Crippen LogP contribution in [0.2, 0.25) is 0 Å². The molecule has 1 amide bonds. The van der Waals surface area contributed by atoms with E-state index in [1.54, 1.807) is 12.5 Å². The molecule has 5 aromatic rings. The average molecular weight is 470 g/mol. The zero-order chi connectivity index (χ0) is 24.2. The molecule has 7 nitrogen and oxygen atoms in total. The number of hydrogen-bond donors (Lipinski definition) is 1. The van der Waals surface area contributed by atoms with E-state index in [0.29, 0.717) is 19.6 Å². The van der Waals surface area contributed by atoms with Gasteiger partial charge in [-0.15, -0.1) is 0 Å². The van der Waals surface area contributed by atoms with Crippen LogP contribution in [0.5, 0.6) is 5.75 Å². The Kier molecular flexibility index (Phi) is 6.50. The summed E-state index contributed by atoms with van der Waals surface area (Å²) in [6, 6.07) is 23.7. The Morgan fingerprint density at radius 1 is 1.03 bits per heavy atom. The highest BCUT2D eigenvalue weighted by Gasteiger charge is 2.22. The Balaban J connectivity index is 1.30. The first-order chi connectivity index (χ1) is 17.1. The summed E-state index contributed by atoms with van der Waals surface area (Å²) in [6.45, 7) is 2.96. The largest absolute Gasteiger partial charge is 0.493 e. The molecule has 0 saturated heterocycles. The zero-order valence-corrected chi connectivity index (χ0v) is 19.5. The molecule has 0 saturated carbocycles. The van der Waals surface area contributed by atoms with Crippen molar-refractivity contribution in [3.63, 3.8) is 0 Å². The summed E-state index contributed by atoms with van der Waals surface area (Å²) in [5.74, 6) is 0.210. The van der Waals surface area contributed by atoms with Gasteiger partial charge in [-0.25, -0.2) is 4.98 Å². The molecular formula is C28H27N3O4. The number of aromatic nitrogens is 2. The maximum atomic E-state index is 11.6. The molecule has 0 fully saturated rings. The lowest BCUT2D eigenvalue weighted by molar-refractivity contribution is 0.0113. The number of ether oxygens (including phenoxy) is 2. The molecular weight excluding hydrogens is 442 g/mol. The van der Waals surface area contributed by atoms with E-state index in [2.05, 4.69) is 4.98 Å². The Morgan fingerprint density at radius 3 is 2.60 bits per heavy atom. The lowest BCUT2D eigenvalue weighted by atomic mass is 10.1. The lowest BCUT2D eigenvalue weighted by Crippen LogP contribution is -2.25. The fourth-order valence-electron chi connectivity index (χ4n) is 4.28. The highest BCUT2D eigenvalue weighted by molar-refractivity contribution is 6.05. The molecule has 0 bridgehead atoms. The predicted octanol–water partition coefficient (Wildman–Crippen LogP) is 5.50. The Morgan fingerprint density at radius 2 is 1.80 bits per heavy atom. The van der Waals surface area contributed by atoms with Gasteiger partial charge in [-0.1, -0.05) is 48.5 Å². The first kappa shape index (κ1) is 22.7. The Hall–Kier alpha value is -4.10. The van der Waals surface area contributed by atoms with Gasteiger partial charge in [-0.05, 0) is 36.8 Å². The average Bonchev–Trinajstić information content (AvgIpc) is 3.51. The summed E-state index contributed by atoms with van der Waals surface area (Å²) < 4.78 is 20.1. The molecule has 0 aliphatic heterocycles. The van der Waals surface area contributed by atoms with Crippen LogP contribution in [-0.4, -0.2) is 28.2 Å². The molecule has 3 aromatic carbocycles. The minimum atomic E-state index is -0.558. The second kappa shape index (κ2) is 10.0. The number of nitrogens with two attached hydrogens (primary N) is 1. The lowest BCUT2D eigenvalue weighted by Gasteiger charge is -2.25. The number of carbonyl (C=O) groups is 1. The second-order valence-corrected chi connectivity index (χ2v) is 8.53. The quantitative estimate of drug-likeness (QED) is 0.292. The fraction of sp³-hybridized carbons (Fsp3) is 0.214. The maximum absolute atomic E-state index is 11.6. The number of primary amides is 1. The number of para-hydroxylation sites is 1. The molecule has 0 aliphatic rings. The van der Waals surface area contributed by atoms with E-state index >= 15 is 0 Å². The molecule has 35 heavy (non-hydrogen) atoms. The van der Waals surface area contributed by atoms with Crippen LogP contribution in [0.1, 0.15) is 35.4 Å². The van der Waals surface area contributed by atoms with Crippen molar-refractivity contribution in [2.24, 2.45) is 5.73 Å². The maximum Gasteiger partial charge on any atom is 0.268 e. The van der Waals surface area contributed by atoms with Gasteiger partial charge in [0, 0.05) is 23.4 Å². The first-order valence-corrected chi connectivity index (χ1v) is 11.6. The summed E-state index contributed by atoms with van der Waals surface area (Å²) in [4.78, 5) is 15.7. The summed E-state index contributed by atoms with van der Waals surface area (Å²) in [5, 5.41) is 2.08. The first-order valence-electron chi connectivity index (χ1n) is 11.6. The summed E-state index contributed by atoms with van der Waals surface area (Å²) in [6.07, 6.45) is 3.78. The summed E-state index contributed by atoms with van der Waals surface area (Å²) in [5.41, 5.74) is 8.42. The van der Waals surface area contributed by atoms with Crippen LogP contribution in [0.4, 0.5) is 0 Å². The van der Waals surface area contributed by atoms with Crippen molar-refractivity contribution in [1.82, 2.24) is 9.55 Å². The Bertz CT molecular complexity index is 1440. The van der Waals surface area contributed by atoms with Crippen molar-refractivity contribution >= 4 is 27.8 Å². The third-order valence-electron chi connectivity index (χ3n) is 6.17. The fourth-order valence-corrected chi connectivity index (χ4v) is 4.28. The number of imidazole rings is 1. The predicted molar refractivity (Wildman–Crippen MR) is 134 cm³/mol. The van der Waals surface area contributed by atoms with E-state index in [4.69, 9.17) is 19.6 Å². The van der Waals surface area contributed by atoms with Gasteiger partial charge in [0.1, 0.15) is 22.6 Å². The molecule has 0 aliphatic carbocycles. The van der Waals surface area contributed by atoms with Crippen molar-refractivity contribution in [3.05, 3.63) is 96.6 Å². The number of nitrogens with zero attached hydrogens (tertiary/aromatic N) is 2. The van der Waals surface area contributed by atoms with Gasteiger partial charge in [0.25, 0.3) is 5.91 Å². The van der Waals surface area contributed by atoms with Crippen LogP contribution in [0, 0.1) is 0 Å². The van der Waals surface area contributed by atoms with Crippen LogP contribution < -0.4 is 10.5 Å². The zero-order valence-electron chi connectivity index (χ0n) is 19.5. The van der Waals surface area contributed by atoms with Crippen molar-refractivity contribution in [2.75, 3.05) is 6.61 Å². The van der Waals surface area contributed by atoms with Crippen molar-refractivity contribution in [1.29, 1.82) is 0 Å². The smallest absolute Gasteiger partial charge is 0.268 e. The molecule has 2 aromatic heterocycles. The van der Waals surface area contributed by atoms with Crippen LogP contribution in [0.25, 0.3) is 21.9 Å². The van der Waals surface area contributed by atoms with Crippen LogP contribution in [0.3, 0.4) is 0 Å². The van der Waals surface area contributed by atoms with Crippen LogP contribution in [-0.2, 0) is 11.3 Å². The third-order valence-corrected chi connectivity index (χ3v) is 6.17. The van der Waals surface area contributed by atoms with Gasteiger partial charge in [0.15, 0.2) is 0 Å². The van der Waals surface area contributed by atoms with E-state index in [1.807, 2.05) is 84.3 Å². The molecule has 7 heteroatoms. The number of fused-ring (bicyclic) bond motifs is 3. The topological polar surface area (TPSA) is 92.5 Å². The third kappa shape index (κ3) is 5.05. The number of benzene rings is 3. The van der Waals surface area contributed by atoms with Crippen molar-refractivity contribution in [2.45, 2.75) is 32.1 Å². The molecule has 2 atom stereocenters. The molecule has 0 unspecified atom stereocenters. The number of hydrogen-bond acceptors (Lipinski definition) is 5. The molecule has 0 spiro atoms. The van der Waals surface area contributed by atoms with E-state index < -0.39 is 5.91 Å². The molecule has 5 rings (SSSR count). The highest BCUT2D eigenvalue weighted by Crippen LogP contribution is 2.31. The van der Waals surface area contributed by atoms with E-state index in [-0.39, 0.29) is 17.8 Å². The van der Waals surface area contributed by atoms with Gasteiger partial charge >= 0.3 is 0 Å². The van der Waals surface area contributed by atoms with E-state index in [0.717, 1.165) is 33.3 Å². The van der Waals surface area contributed by atoms with Gasteiger partial charge in [-0.2, -0.15) is 0 Å². The molecule has 0 radical (unpaired) electrons. The van der Waals surface area contributed by atoms with Crippen molar-refractivity contribution in [3.8, 4) is 5.75 Å². The van der Waals surface area contributed by atoms with Crippen molar-refractivity contribution < 1.29 is 18.7 Å². The van der Waals surface area contributed by atoms with E-state index in [1.165, 1.54) is 0 Å². The van der Waals surface area contributed by atoms with E-state index in [9.17, 15) is 4.79 Å². The number of amides is 1. The standard InChI is InChI=1S/C28H27N3O4/c1-19(34-17-20-7-3-2-4-8-20)25(31-16-24(28(29)32)30-18-31)13-14-33-21-11-12-27-23(15-21)22-9-5-6-10-26(22)35-27/h2-12,15-16,18-19,25H,13-14,17H2,1H3,(H2,29,32)/t19-,25+/m0/s1. The molecule has 2 N–H and O–H groups in total. The second-order valence-electron chi connectivity index (χ2n) is 8.53. The number of furan rings is 1. The molecule has 178 valence electrons. The highest BCUT2D eigenvalue weighted by atomic mass is 16.5. The summed E-state index contributed by atoms with van der Waals surface area (Å²) in [7, 11) is 0. The number of carbonyl (C=O) groups excluding carboxylic acids is 1. The SMILES string of the molecule is C[C@H](OCc1ccccc1)[C@@H](CCOc1ccc2oc3ccccc3c2c1)n1cnc(C(N)=O)c1. The number of rotatable bonds is 10. The van der Waals surface area contributed by atoms with Crippen LogP contribution in [0.15, 0.2) is 89.7 Å². The normalized spacial score (nSPS) is 13.2. The Labute approximate surface area is 203 Å². The minimum absolute atomic E-state index is 0.0993. The van der Waals surface area contributed by atoms with Gasteiger partial charge in [-0.3, -0.25) is 4.79 Å². The van der Waals surface area contributed by atoms with Gasteiger partial charge in [0.2, 0.25) is 0 Å². The summed E-state index contributed by atoms with van der Waals surface area (Å²) >= 11 is 0. The van der Waals surface area contributed by atoms with Gasteiger partial charge < -0.3 is 24.2 Å². The van der Waals surface area contributed by atoms with Gasteiger partial charge in [0.05, 0.1) is 31.7 Å². The van der Waals surface area contributed by atoms with Crippen LogP contribution >= 0.6 is 0 Å². The monoisotopic (exact) mass is 469 g/mol. The molecule has 2 heterocycles. The minimum Gasteiger partial charge on any atom is -0.493 e.